The van der Waals surface area contributed by atoms with Crippen molar-refractivity contribution in [2.24, 2.45) is 28.6 Å². The van der Waals surface area contributed by atoms with Crippen LogP contribution in [0.25, 0.3) is 0 Å². The molecule has 0 radical (unpaired) electrons. The molecule has 0 bridgehead atoms. The molecule has 2 N–H and O–H groups in total. The Morgan fingerprint density at radius 2 is 1.91 bits per heavy atom. The molecule has 4 heteroatoms. The van der Waals surface area contributed by atoms with Crippen LogP contribution in [0.15, 0.2) is 11.6 Å². The summed E-state index contributed by atoms with van der Waals surface area (Å²) in [6.45, 7) is 3.95. The van der Waals surface area contributed by atoms with Crippen LogP contribution in [0.1, 0.15) is 52.4 Å². The molecule has 23 heavy (non-hydrogen) atoms. The van der Waals surface area contributed by atoms with Crippen molar-refractivity contribution >= 4 is 5.78 Å². The lowest BCUT2D eigenvalue weighted by atomic mass is 9.46. The fraction of sp³-hybridized carbons (Fsp3) is 0.842. The first-order valence-corrected chi connectivity index (χ1v) is 9.04. The summed E-state index contributed by atoms with van der Waals surface area (Å²) >= 11 is 0. The SMILES string of the molecule is C[C@@]12[C@@H](O)CC[C@H]1[C@@H]1CCC3=CC(=O)CC[C@]3(C)[C@H]1[C@H](O)[C@@H]2F. The number of carbonyl (C=O) groups is 1. The number of fused-ring (bicyclic) bond motifs is 5. The van der Waals surface area contributed by atoms with Crippen molar-refractivity contribution in [2.45, 2.75) is 70.8 Å². The number of carbonyl (C=O) groups excluding carboxylic acids is 1. The third-order valence-electron chi connectivity index (χ3n) is 7.95. The van der Waals surface area contributed by atoms with E-state index in [1.165, 1.54) is 0 Å². The summed E-state index contributed by atoms with van der Waals surface area (Å²) in [5.41, 5.74) is 0.0290. The quantitative estimate of drug-likeness (QED) is 0.721. The van der Waals surface area contributed by atoms with Crippen LogP contribution in [0.5, 0.6) is 0 Å². The Bertz CT molecular complexity index is 573. The largest absolute Gasteiger partial charge is 0.392 e. The standard InChI is InChI=1S/C19H27FO3/c1-18-8-7-11(21)9-10(18)3-4-12-13-5-6-14(22)19(13,2)17(20)16(23)15(12)18/h9,12-17,22-23H,3-8H2,1-2H3/t12-,13-,14-,15+,16-,17-,18-,19-/m0/s1. The predicted octanol–water partition coefficient (Wildman–Crippen LogP) is 2.80. The Kier molecular flexibility index (Phi) is 3.35. The second kappa shape index (κ2) is 4.89. The molecule has 128 valence electrons. The van der Waals surface area contributed by atoms with Gasteiger partial charge in [-0.3, -0.25) is 4.79 Å². The Morgan fingerprint density at radius 3 is 2.65 bits per heavy atom. The first-order valence-electron chi connectivity index (χ1n) is 9.04. The van der Waals surface area contributed by atoms with E-state index in [4.69, 9.17) is 0 Å². The molecule has 0 aliphatic heterocycles. The van der Waals surface area contributed by atoms with Crippen LogP contribution in [-0.2, 0) is 4.79 Å². The molecule has 0 aromatic rings. The summed E-state index contributed by atoms with van der Waals surface area (Å²) in [6, 6.07) is 0. The summed E-state index contributed by atoms with van der Waals surface area (Å²) in [4.78, 5) is 11.8. The molecule has 0 saturated heterocycles. The zero-order valence-electron chi connectivity index (χ0n) is 14.0. The number of halogens is 1. The highest BCUT2D eigenvalue weighted by molar-refractivity contribution is 5.91. The highest BCUT2D eigenvalue weighted by Crippen LogP contribution is 2.65. The van der Waals surface area contributed by atoms with Gasteiger partial charge in [0.25, 0.3) is 0 Å². The van der Waals surface area contributed by atoms with E-state index in [1.807, 2.05) is 6.92 Å². The van der Waals surface area contributed by atoms with E-state index < -0.39 is 23.8 Å². The molecule has 0 spiro atoms. The summed E-state index contributed by atoms with van der Waals surface area (Å²) in [5, 5.41) is 21.3. The minimum Gasteiger partial charge on any atom is -0.392 e. The predicted molar refractivity (Wildman–Crippen MR) is 84.4 cm³/mol. The number of aliphatic hydroxyl groups is 2. The van der Waals surface area contributed by atoms with Crippen molar-refractivity contribution in [3.8, 4) is 0 Å². The smallest absolute Gasteiger partial charge is 0.155 e. The van der Waals surface area contributed by atoms with E-state index in [9.17, 15) is 15.0 Å². The minimum absolute atomic E-state index is 0.131. The summed E-state index contributed by atoms with van der Waals surface area (Å²) in [6.07, 6.45) is 3.14. The third-order valence-corrected chi connectivity index (χ3v) is 7.95. The zero-order valence-corrected chi connectivity index (χ0v) is 14.0. The number of alkyl halides is 1. The second-order valence-electron chi connectivity index (χ2n) is 8.74. The Hall–Kier alpha value is -0.740. The number of hydrogen-bond acceptors (Lipinski definition) is 3. The molecule has 3 nitrogen and oxygen atoms in total. The molecule has 4 aliphatic carbocycles. The average molecular weight is 322 g/mol. The van der Waals surface area contributed by atoms with Gasteiger partial charge in [0.2, 0.25) is 0 Å². The molecular formula is C19H27FO3. The molecule has 3 saturated carbocycles. The van der Waals surface area contributed by atoms with E-state index in [2.05, 4.69) is 6.92 Å². The van der Waals surface area contributed by atoms with Crippen LogP contribution >= 0.6 is 0 Å². The van der Waals surface area contributed by atoms with Crippen molar-refractivity contribution in [1.82, 2.24) is 0 Å². The summed E-state index contributed by atoms with van der Waals surface area (Å²) in [7, 11) is 0. The van der Waals surface area contributed by atoms with Gasteiger partial charge in [-0.15, -0.1) is 0 Å². The number of rotatable bonds is 0. The second-order valence-corrected chi connectivity index (χ2v) is 8.74. The molecular weight excluding hydrogens is 295 g/mol. The number of aliphatic hydroxyl groups excluding tert-OH is 2. The van der Waals surface area contributed by atoms with Gasteiger partial charge in [-0.1, -0.05) is 19.4 Å². The molecule has 0 aromatic carbocycles. The molecule has 0 heterocycles. The number of hydrogen-bond donors (Lipinski definition) is 2. The van der Waals surface area contributed by atoms with Gasteiger partial charge in [0.15, 0.2) is 5.78 Å². The van der Waals surface area contributed by atoms with Crippen LogP contribution < -0.4 is 0 Å². The lowest BCUT2D eigenvalue weighted by Crippen LogP contribution is -2.63. The van der Waals surface area contributed by atoms with Crippen LogP contribution in [-0.4, -0.2) is 34.4 Å². The molecule has 3 fully saturated rings. The topological polar surface area (TPSA) is 57.5 Å². The van der Waals surface area contributed by atoms with Crippen LogP contribution in [0, 0.1) is 28.6 Å². The van der Waals surface area contributed by atoms with Gasteiger partial charge in [-0.25, -0.2) is 4.39 Å². The van der Waals surface area contributed by atoms with Gasteiger partial charge in [0.1, 0.15) is 6.17 Å². The number of ketones is 1. The molecule has 0 amide bonds. The summed E-state index contributed by atoms with van der Waals surface area (Å²) < 4.78 is 15.2. The minimum atomic E-state index is -1.39. The molecule has 8 atom stereocenters. The van der Waals surface area contributed by atoms with Crippen LogP contribution in [0.2, 0.25) is 0 Å². The molecule has 0 unspecified atom stereocenters. The molecule has 4 aliphatic rings. The lowest BCUT2D eigenvalue weighted by molar-refractivity contribution is -0.187. The van der Waals surface area contributed by atoms with Gasteiger partial charge in [0, 0.05) is 11.8 Å². The highest BCUT2D eigenvalue weighted by Gasteiger charge is 2.66. The Morgan fingerprint density at radius 1 is 1.17 bits per heavy atom. The molecule has 0 aromatic heterocycles. The number of allylic oxidation sites excluding steroid dienone is 1. The third kappa shape index (κ3) is 1.85. The van der Waals surface area contributed by atoms with Gasteiger partial charge in [-0.05, 0) is 61.3 Å². The maximum Gasteiger partial charge on any atom is 0.155 e. The highest BCUT2D eigenvalue weighted by atomic mass is 19.1. The monoisotopic (exact) mass is 322 g/mol. The average Bonchev–Trinajstić information content (AvgIpc) is 2.82. The van der Waals surface area contributed by atoms with E-state index in [0.717, 1.165) is 24.8 Å². The van der Waals surface area contributed by atoms with Gasteiger partial charge >= 0.3 is 0 Å². The Labute approximate surface area is 137 Å². The van der Waals surface area contributed by atoms with Gasteiger partial charge in [0.05, 0.1) is 12.2 Å². The van der Waals surface area contributed by atoms with Crippen molar-refractivity contribution in [3.63, 3.8) is 0 Å². The Balaban J connectivity index is 1.78. The first-order chi connectivity index (χ1) is 10.8. The van der Waals surface area contributed by atoms with Gasteiger partial charge in [-0.2, -0.15) is 0 Å². The van der Waals surface area contributed by atoms with Crippen LogP contribution in [0.3, 0.4) is 0 Å². The van der Waals surface area contributed by atoms with Gasteiger partial charge < -0.3 is 10.2 Å². The molecule has 4 rings (SSSR count). The fourth-order valence-corrected chi connectivity index (χ4v) is 6.59. The van der Waals surface area contributed by atoms with E-state index >= 15 is 4.39 Å². The van der Waals surface area contributed by atoms with Crippen molar-refractivity contribution < 1.29 is 19.4 Å². The van der Waals surface area contributed by atoms with E-state index in [1.54, 1.807) is 6.08 Å². The zero-order chi connectivity index (χ0) is 16.6. The maximum absolute atomic E-state index is 15.2. The first kappa shape index (κ1) is 15.8. The summed E-state index contributed by atoms with van der Waals surface area (Å²) in [5.74, 6) is 0.416. The lowest BCUT2D eigenvalue weighted by Gasteiger charge is -2.60. The van der Waals surface area contributed by atoms with E-state index in [-0.39, 0.29) is 29.0 Å². The van der Waals surface area contributed by atoms with E-state index in [0.29, 0.717) is 19.3 Å². The normalized spacial score (nSPS) is 55.7. The van der Waals surface area contributed by atoms with Crippen molar-refractivity contribution in [3.05, 3.63) is 11.6 Å². The fourth-order valence-electron chi connectivity index (χ4n) is 6.59. The van der Waals surface area contributed by atoms with Crippen molar-refractivity contribution in [1.29, 1.82) is 0 Å². The van der Waals surface area contributed by atoms with Crippen LogP contribution in [0.4, 0.5) is 4.39 Å². The van der Waals surface area contributed by atoms with Crippen molar-refractivity contribution in [2.75, 3.05) is 0 Å². The maximum atomic E-state index is 15.2.